The summed E-state index contributed by atoms with van der Waals surface area (Å²) >= 11 is 0. The molecule has 1 aliphatic carbocycles. The van der Waals surface area contributed by atoms with Gasteiger partial charge in [-0.3, -0.25) is 9.59 Å². The highest BCUT2D eigenvalue weighted by atomic mass is 16.5. The number of rotatable bonds is 7. The number of aromatic nitrogens is 3. The van der Waals surface area contributed by atoms with E-state index >= 15 is 0 Å². The van der Waals surface area contributed by atoms with Gasteiger partial charge in [0, 0.05) is 30.9 Å². The van der Waals surface area contributed by atoms with E-state index < -0.39 is 0 Å². The molecule has 2 heterocycles. The third-order valence-corrected chi connectivity index (χ3v) is 6.36. The highest BCUT2D eigenvalue weighted by molar-refractivity contribution is 6.09. The van der Waals surface area contributed by atoms with Crippen molar-refractivity contribution in [2.24, 2.45) is 7.05 Å². The lowest BCUT2D eigenvalue weighted by Gasteiger charge is -2.14. The van der Waals surface area contributed by atoms with Crippen LogP contribution in [-0.2, 0) is 11.8 Å². The van der Waals surface area contributed by atoms with Crippen LogP contribution in [0.5, 0.6) is 5.75 Å². The second kappa shape index (κ2) is 9.42. The lowest BCUT2D eigenvalue weighted by Crippen LogP contribution is -2.19. The van der Waals surface area contributed by atoms with Gasteiger partial charge >= 0.3 is 0 Å². The summed E-state index contributed by atoms with van der Waals surface area (Å²) < 4.78 is 8.10. The Morgan fingerprint density at radius 3 is 2.46 bits per heavy atom. The normalized spacial score (nSPS) is 12.8. The summed E-state index contributed by atoms with van der Waals surface area (Å²) in [6, 6.07) is 13.1. The van der Waals surface area contributed by atoms with Gasteiger partial charge in [0.25, 0.3) is 11.8 Å². The van der Waals surface area contributed by atoms with Gasteiger partial charge in [-0.1, -0.05) is 24.8 Å². The molecule has 9 heteroatoms. The summed E-state index contributed by atoms with van der Waals surface area (Å²) in [5.74, 6) is 0.430. The van der Waals surface area contributed by atoms with E-state index in [1.807, 2.05) is 48.0 Å². The van der Waals surface area contributed by atoms with E-state index in [2.05, 4.69) is 27.2 Å². The summed E-state index contributed by atoms with van der Waals surface area (Å²) in [6.45, 7) is 5.34. The minimum atomic E-state index is -0.236. The molecule has 0 unspecified atom stereocenters. The SMILES string of the molecule is C=C(C)C(=O)Nc1ccc(-c2c(-c3ccc(C(=O)NC)c(OC4CC4)c3)c3c(N)ncnc3n2C)cc1. The van der Waals surface area contributed by atoms with E-state index in [1.54, 1.807) is 20.0 Å². The Balaban J connectivity index is 1.68. The van der Waals surface area contributed by atoms with Gasteiger partial charge in [0.15, 0.2) is 0 Å². The predicted molar refractivity (Wildman–Crippen MR) is 144 cm³/mol. The number of hydrogen-bond acceptors (Lipinski definition) is 6. The quantitative estimate of drug-likeness (QED) is 0.328. The Morgan fingerprint density at radius 1 is 1.11 bits per heavy atom. The largest absolute Gasteiger partial charge is 0.490 e. The fourth-order valence-electron chi connectivity index (χ4n) is 4.31. The first kappa shape index (κ1) is 24.1. The molecule has 0 spiro atoms. The van der Waals surface area contributed by atoms with Crippen LogP contribution in [0.1, 0.15) is 30.1 Å². The third kappa shape index (κ3) is 4.51. The van der Waals surface area contributed by atoms with Gasteiger partial charge in [-0.25, -0.2) is 9.97 Å². The van der Waals surface area contributed by atoms with Gasteiger partial charge in [0.05, 0.1) is 22.7 Å². The average Bonchev–Trinajstić information content (AvgIpc) is 3.66. The Labute approximate surface area is 214 Å². The summed E-state index contributed by atoms with van der Waals surface area (Å²) in [4.78, 5) is 33.3. The number of nitrogens with one attached hydrogen (secondary N) is 2. The standard InChI is InChI=1S/C28H28N6O3/c1-15(2)27(35)33-18-8-5-16(6-9-18)24-22(23-25(29)31-14-32-26(23)34(24)4)17-7-12-20(28(36)30-3)21(13-17)37-19-10-11-19/h5-9,12-14,19H,1,10-11H2,2-4H3,(H,30,36)(H,33,35)(H2,29,31,32). The molecule has 2 aromatic heterocycles. The van der Waals surface area contributed by atoms with Crippen LogP contribution in [-0.4, -0.2) is 39.5 Å². The Bertz CT molecular complexity index is 1550. The number of anilines is 2. The number of ether oxygens (including phenoxy) is 1. The Kier molecular flexibility index (Phi) is 6.12. The molecule has 0 saturated heterocycles. The number of aryl methyl sites for hydroxylation is 1. The van der Waals surface area contributed by atoms with Gasteiger partial charge in [0.2, 0.25) is 0 Å². The summed E-state index contributed by atoms with van der Waals surface area (Å²) in [6.07, 6.45) is 3.48. The van der Waals surface area contributed by atoms with Crippen LogP contribution >= 0.6 is 0 Å². The number of carbonyl (C=O) groups excluding carboxylic acids is 2. The fourth-order valence-corrected chi connectivity index (χ4v) is 4.31. The molecule has 1 fully saturated rings. The number of amides is 2. The molecule has 188 valence electrons. The number of benzene rings is 2. The number of nitrogen functional groups attached to an aromatic ring is 1. The number of carbonyl (C=O) groups is 2. The van der Waals surface area contributed by atoms with E-state index in [0.717, 1.165) is 35.2 Å². The van der Waals surface area contributed by atoms with Crippen molar-refractivity contribution in [2.45, 2.75) is 25.9 Å². The Morgan fingerprint density at radius 2 is 1.81 bits per heavy atom. The van der Waals surface area contributed by atoms with E-state index in [4.69, 9.17) is 10.5 Å². The molecule has 2 aromatic carbocycles. The third-order valence-electron chi connectivity index (χ3n) is 6.36. The average molecular weight is 497 g/mol. The topological polar surface area (TPSA) is 124 Å². The van der Waals surface area contributed by atoms with Crippen LogP contribution in [0.15, 0.2) is 60.9 Å². The Hall–Kier alpha value is -4.66. The minimum Gasteiger partial charge on any atom is -0.490 e. The molecule has 0 atom stereocenters. The molecule has 37 heavy (non-hydrogen) atoms. The van der Waals surface area contributed by atoms with Gasteiger partial charge in [-0.2, -0.15) is 0 Å². The first-order chi connectivity index (χ1) is 17.8. The van der Waals surface area contributed by atoms with Crippen LogP contribution in [0.25, 0.3) is 33.4 Å². The summed E-state index contributed by atoms with van der Waals surface area (Å²) in [7, 11) is 3.52. The van der Waals surface area contributed by atoms with Gasteiger partial charge < -0.3 is 25.7 Å². The van der Waals surface area contributed by atoms with Crippen LogP contribution in [0, 0.1) is 0 Å². The van der Waals surface area contributed by atoms with E-state index in [1.165, 1.54) is 6.33 Å². The fraction of sp³-hybridized carbons (Fsp3) is 0.214. The molecule has 0 aliphatic heterocycles. The molecule has 1 aliphatic rings. The lowest BCUT2D eigenvalue weighted by molar-refractivity contribution is -0.112. The molecule has 0 radical (unpaired) electrons. The highest BCUT2D eigenvalue weighted by Gasteiger charge is 2.27. The molecule has 4 aromatic rings. The van der Waals surface area contributed by atoms with Crippen molar-refractivity contribution in [2.75, 3.05) is 18.1 Å². The highest BCUT2D eigenvalue weighted by Crippen LogP contribution is 2.43. The summed E-state index contributed by atoms with van der Waals surface area (Å²) in [5, 5.41) is 6.22. The van der Waals surface area contributed by atoms with Crippen molar-refractivity contribution >= 4 is 34.4 Å². The zero-order valence-electron chi connectivity index (χ0n) is 21.0. The molecule has 9 nitrogen and oxygen atoms in total. The first-order valence-corrected chi connectivity index (χ1v) is 12.0. The van der Waals surface area contributed by atoms with E-state index in [9.17, 15) is 9.59 Å². The maximum absolute atomic E-state index is 12.5. The monoisotopic (exact) mass is 496 g/mol. The second-order valence-electron chi connectivity index (χ2n) is 9.16. The summed E-state index contributed by atoms with van der Waals surface area (Å²) in [5.41, 5.74) is 12.0. The molecule has 1 saturated carbocycles. The van der Waals surface area contributed by atoms with Crippen LogP contribution in [0.2, 0.25) is 0 Å². The first-order valence-electron chi connectivity index (χ1n) is 12.0. The van der Waals surface area contributed by atoms with Crippen molar-refractivity contribution in [1.82, 2.24) is 19.9 Å². The van der Waals surface area contributed by atoms with Crippen molar-refractivity contribution in [1.29, 1.82) is 0 Å². The number of hydrogen-bond donors (Lipinski definition) is 3. The minimum absolute atomic E-state index is 0.112. The molecular formula is C28H28N6O3. The molecule has 4 N–H and O–H groups in total. The van der Waals surface area contributed by atoms with Gasteiger partial charge in [-0.05, 0) is 55.2 Å². The van der Waals surface area contributed by atoms with Crippen LogP contribution < -0.4 is 21.1 Å². The van der Waals surface area contributed by atoms with Gasteiger partial charge in [0.1, 0.15) is 23.5 Å². The van der Waals surface area contributed by atoms with Crippen molar-refractivity contribution in [3.8, 4) is 28.1 Å². The van der Waals surface area contributed by atoms with Crippen molar-refractivity contribution in [3.05, 3.63) is 66.5 Å². The molecule has 0 bridgehead atoms. The van der Waals surface area contributed by atoms with Gasteiger partial charge in [-0.15, -0.1) is 0 Å². The number of nitrogens with zero attached hydrogens (tertiary/aromatic N) is 3. The maximum Gasteiger partial charge on any atom is 0.254 e. The van der Waals surface area contributed by atoms with Crippen molar-refractivity contribution < 1.29 is 14.3 Å². The lowest BCUT2D eigenvalue weighted by atomic mass is 9.97. The maximum atomic E-state index is 12.5. The van der Waals surface area contributed by atoms with E-state index in [0.29, 0.717) is 39.4 Å². The number of nitrogens with two attached hydrogens (primary N) is 1. The van der Waals surface area contributed by atoms with Crippen LogP contribution in [0.4, 0.5) is 11.5 Å². The smallest absolute Gasteiger partial charge is 0.254 e. The number of fused-ring (bicyclic) bond motifs is 1. The second-order valence-corrected chi connectivity index (χ2v) is 9.16. The van der Waals surface area contributed by atoms with Crippen molar-refractivity contribution in [3.63, 3.8) is 0 Å². The van der Waals surface area contributed by atoms with Crippen LogP contribution in [0.3, 0.4) is 0 Å². The molecule has 5 rings (SSSR count). The van der Waals surface area contributed by atoms with E-state index in [-0.39, 0.29) is 17.9 Å². The molecular weight excluding hydrogens is 468 g/mol. The molecule has 2 amide bonds. The predicted octanol–water partition coefficient (Wildman–Crippen LogP) is 4.30. The zero-order valence-corrected chi connectivity index (χ0v) is 21.0. The zero-order chi connectivity index (χ0) is 26.3.